The zero-order valence-electron chi connectivity index (χ0n) is 12.1. The molecule has 2 nitrogen and oxygen atoms in total. The van der Waals surface area contributed by atoms with Crippen LogP contribution < -0.4 is 0 Å². The first-order valence-corrected chi connectivity index (χ1v) is 6.59. The first-order chi connectivity index (χ1) is 9.01. The van der Waals surface area contributed by atoms with Crippen LogP contribution in [0, 0.1) is 13.8 Å². The molecule has 0 spiro atoms. The van der Waals surface area contributed by atoms with Crippen molar-refractivity contribution in [3.8, 4) is 22.6 Å². The Labute approximate surface area is 115 Å². The second-order valence-corrected chi connectivity index (χ2v) is 4.68. The van der Waals surface area contributed by atoms with Gasteiger partial charge in [-0.25, -0.2) is 0 Å². The second kappa shape index (κ2) is 6.83. The predicted molar refractivity (Wildman–Crippen MR) is 80.6 cm³/mol. The van der Waals surface area contributed by atoms with Gasteiger partial charge in [-0.1, -0.05) is 50.1 Å². The van der Waals surface area contributed by atoms with Gasteiger partial charge in [0, 0.05) is 11.1 Å². The fraction of sp³-hybridized carbons (Fsp3) is 0.294. The fourth-order valence-electron chi connectivity index (χ4n) is 1.74. The van der Waals surface area contributed by atoms with Crippen LogP contribution in [-0.4, -0.2) is 10.2 Å². The Bertz CT molecular complexity index is 545. The van der Waals surface area contributed by atoms with E-state index in [1.807, 2.05) is 31.2 Å². The van der Waals surface area contributed by atoms with E-state index in [0.29, 0.717) is 5.56 Å². The standard InChI is InChI=1S/C14H14O2.C3H8/c1-9-4-3-5-11(8-9)12-6-7-13(15)10(2)14(12)16;1-3-2/h3-8,15-16H,1-2H3;3H2,1-2H3. The van der Waals surface area contributed by atoms with Crippen LogP contribution in [-0.2, 0) is 0 Å². The molecule has 2 N–H and O–H groups in total. The molecular formula is C17H22O2. The molecule has 0 aromatic heterocycles. The van der Waals surface area contributed by atoms with Gasteiger partial charge in [-0.15, -0.1) is 0 Å². The van der Waals surface area contributed by atoms with Gasteiger partial charge in [0.25, 0.3) is 0 Å². The van der Waals surface area contributed by atoms with Crippen LogP contribution in [0.3, 0.4) is 0 Å². The summed E-state index contributed by atoms with van der Waals surface area (Å²) >= 11 is 0. The molecule has 0 saturated heterocycles. The van der Waals surface area contributed by atoms with Crippen molar-refractivity contribution in [1.82, 2.24) is 0 Å². The predicted octanol–water partition coefficient (Wildman–Crippen LogP) is 4.80. The molecule has 0 fully saturated rings. The minimum atomic E-state index is 0.119. The molecule has 0 bridgehead atoms. The van der Waals surface area contributed by atoms with E-state index < -0.39 is 0 Å². The largest absolute Gasteiger partial charge is 0.508 e. The van der Waals surface area contributed by atoms with E-state index in [4.69, 9.17) is 0 Å². The monoisotopic (exact) mass is 258 g/mol. The van der Waals surface area contributed by atoms with E-state index in [1.165, 1.54) is 6.42 Å². The molecular weight excluding hydrogens is 236 g/mol. The number of benzene rings is 2. The average molecular weight is 258 g/mol. The highest BCUT2D eigenvalue weighted by atomic mass is 16.3. The summed E-state index contributed by atoms with van der Waals surface area (Å²) in [4.78, 5) is 0. The molecule has 0 saturated carbocycles. The van der Waals surface area contributed by atoms with Crippen molar-refractivity contribution in [3.63, 3.8) is 0 Å². The minimum Gasteiger partial charge on any atom is -0.508 e. The highest BCUT2D eigenvalue weighted by molar-refractivity contribution is 5.73. The number of phenolic OH excluding ortho intramolecular Hbond substituents is 2. The lowest BCUT2D eigenvalue weighted by molar-refractivity contribution is 0.444. The normalized spacial score (nSPS) is 9.68. The van der Waals surface area contributed by atoms with E-state index in [1.54, 1.807) is 19.1 Å². The average Bonchev–Trinajstić information content (AvgIpc) is 2.37. The summed E-state index contributed by atoms with van der Waals surface area (Å²) in [5.41, 5.74) is 3.36. The third-order valence-corrected chi connectivity index (χ3v) is 2.73. The lowest BCUT2D eigenvalue weighted by Gasteiger charge is -2.09. The summed E-state index contributed by atoms with van der Waals surface area (Å²) in [5, 5.41) is 19.4. The van der Waals surface area contributed by atoms with E-state index >= 15 is 0 Å². The first kappa shape index (κ1) is 15.1. The molecule has 0 unspecified atom stereocenters. The van der Waals surface area contributed by atoms with Crippen LogP contribution in [0.2, 0.25) is 0 Å². The Morgan fingerprint density at radius 3 is 2.16 bits per heavy atom. The molecule has 0 atom stereocenters. The molecule has 0 aliphatic rings. The highest BCUT2D eigenvalue weighted by Crippen LogP contribution is 2.36. The van der Waals surface area contributed by atoms with Gasteiger partial charge in [-0.3, -0.25) is 0 Å². The van der Waals surface area contributed by atoms with Gasteiger partial charge in [0.1, 0.15) is 11.5 Å². The Morgan fingerprint density at radius 1 is 0.947 bits per heavy atom. The zero-order chi connectivity index (χ0) is 14.4. The van der Waals surface area contributed by atoms with Gasteiger partial charge in [0.2, 0.25) is 0 Å². The van der Waals surface area contributed by atoms with Crippen molar-refractivity contribution in [2.45, 2.75) is 34.1 Å². The van der Waals surface area contributed by atoms with Crippen molar-refractivity contribution < 1.29 is 10.2 Å². The van der Waals surface area contributed by atoms with Gasteiger partial charge in [0.05, 0.1) is 0 Å². The van der Waals surface area contributed by atoms with Gasteiger partial charge in [-0.05, 0) is 31.5 Å². The van der Waals surface area contributed by atoms with E-state index in [0.717, 1.165) is 16.7 Å². The molecule has 19 heavy (non-hydrogen) atoms. The summed E-state index contributed by atoms with van der Waals surface area (Å²) in [6.07, 6.45) is 1.25. The molecule has 102 valence electrons. The number of hydrogen-bond donors (Lipinski definition) is 2. The molecule has 0 aliphatic carbocycles. The van der Waals surface area contributed by atoms with Gasteiger partial charge in [-0.2, -0.15) is 0 Å². The first-order valence-electron chi connectivity index (χ1n) is 6.59. The number of hydrogen-bond acceptors (Lipinski definition) is 2. The number of aromatic hydroxyl groups is 2. The SMILES string of the molecule is CCC.Cc1cccc(-c2ccc(O)c(C)c2O)c1. The van der Waals surface area contributed by atoms with Crippen LogP contribution in [0.15, 0.2) is 36.4 Å². The minimum absolute atomic E-state index is 0.119. The third-order valence-electron chi connectivity index (χ3n) is 2.73. The Hall–Kier alpha value is -1.96. The maximum absolute atomic E-state index is 9.96. The quantitative estimate of drug-likeness (QED) is 0.771. The lowest BCUT2D eigenvalue weighted by Crippen LogP contribution is -1.84. The molecule has 2 rings (SSSR count). The highest BCUT2D eigenvalue weighted by Gasteiger charge is 2.09. The third kappa shape index (κ3) is 3.75. The maximum atomic E-state index is 9.96. The second-order valence-electron chi connectivity index (χ2n) is 4.68. The molecule has 2 aromatic rings. The molecule has 2 heteroatoms. The van der Waals surface area contributed by atoms with Crippen LogP contribution in [0.5, 0.6) is 11.5 Å². The summed E-state index contributed by atoms with van der Waals surface area (Å²) in [6.45, 7) is 7.96. The lowest BCUT2D eigenvalue weighted by atomic mass is 10.00. The molecule has 0 heterocycles. The van der Waals surface area contributed by atoms with Crippen molar-refractivity contribution >= 4 is 0 Å². The number of phenols is 2. The summed E-state index contributed by atoms with van der Waals surface area (Å²) < 4.78 is 0. The van der Waals surface area contributed by atoms with E-state index in [-0.39, 0.29) is 11.5 Å². The smallest absolute Gasteiger partial charge is 0.129 e. The molecule has 0 aliphatic heterocycles. The number of aryl methyl sites for hydroxylation is 1. The van der Waals surface area contributed by atoms with Gasteiger partial charge < -0.3 is 10.2 Å². The zero-order valence-corrected chi connectivity index (χ0v) is 12.1. The Morgan fingerprint density at radius 2 is 1.58 bits per heavy atom. The Balaban J connectivity index is 0.000000550. The van der Waals surface area contributed by atoms with E-state index in [2.05, 4.69) is 13.8 Å². The molecule has 2 aromatic carbocycles. The van der Waals surface area contributed by atoms with E-state index in [9.17, 15) is 10.2 Å². The van der Waals surface area contributed by atoms with Crippen LogP contribution >= 0.6 is 0 Å². The Kier molecular flexibility index (Phi) is 5.43. The molecule has 0 amide bonds. The van der Waals surface area contributed by atoms with Crippen molar-refractivity contribution in [1.29, 1.82) is 0 Å². The maximum Gasteiger partial charge on any atom is 0.129 e. The summed E-state index contributed by atoms with van der Waals surface area (Å²) in [6, 6.07) is 11.2. The van der Waals surface area contributed by atoms with Crippen molar-refractivity contribution in [2.24, 2.45) is 0 Å². The summed E-state index contributed by atoms with van der Waals surface area (Å²) in [7, 11) is 0. The van der Waals surface area contributed by atoms with Crippen molar-refractivity contribution in [2.75, 3.05) is 0 Å². The summed E-state index contributed by atoms with van der Waals surface area (Å²) in [5.74, 6) is 0.263. The topological polar surface area (TPSA) is 40.5 Å². The van der Waals surface area contributed by atoms with Crippen LogP contribution in [0.1, 0.15) is 31.4 Å². The van der Waals surface area contributed by atoms with Crippen molar-refractivity contribution in [3.05, 3.63) is 47.5 Å². The van der Waals surface area contributed by atoms with Gasteiger partial charge in [0.15, 0.2) is 0 Å². The number of rotatable bonds is 1. The molecule has 0 radical (unpaired) electrons. The van der Waals surface area contributed by atoms with Crippen LogP contribution in [0.4, 0.5) is 0 Å². The van der Waals surface area contributed by atoms with Crippen LogP contribution in [0.25, 0.3) is 11.1 Å². The van der Waals surface area contributed by atoms with Gasteiger partial charge >= 0.3 is 0 Å². The fourth-order valence-corrected chi connectivity index (χ4v) is 1.74.